The molecule has 0 amide bonds. The fourth-order valence-electron chi connectivity index (χ4n) is 0.756. The van der Waals surface area contributed by atoms with Crippen LogP contribution in [-0.4, -0.2) is 5.24 Å². The minimum Gasteiger partial charge on any atom is -0.281 e. The highest BCUT2D eigenvalue weighted by atomic mass is 35.5. The highest BCUT2D eigenvalue weighted by molar-refractivity contribution is 6.63. The monoisotopic (exact) mass is 184 g/mol. The summed E-state index contributed by atoms with van der Waals surface area (Å²) in [6.45, 7) is 4.00. The maximum Gasteiger partial charge on any atom is 0.226 e. The van der Waals surface area contributed by atoms with Gasteiger partial charge in [-0.1, -0.05) is 44.2 Å². The van der Waals surface area contributed by atoms with Gasteiger partial charge < -0.3 is 0 Å². The molecular formula is C10H13ClO. The summed E-state index contributed by atoms with van der Waals surface area (Å²) in [5.74, 6) is 0. The first-order valence-corrected chi connectivity index (χ1v) is 4.39. The second-order valence-corrected chi connectivity index (χ2v) is 2.44. The van der Waals surface area contributed by atoms with Crippen LogP contribution < -0.4 is 0 Å². The molecular weight excluding hydrogens is 172 g/mol. The Morgan fingerprint density at radius 1 is 1.25 bits per heavy atom. The molecule has 0 aliphatic heterocycles. The average molecular weight is 185 g/mol. The van der Waals surface area contributed by atoms with Crippen molar-refractivity contribution in [3.63, 3.8) is 0 Å². The molecule has 0 aliphatic carbocycles. The van der Waals surface area contributed by atoms with Crippen LogP contribution in [0.2, 0.25) is 0 Å². The lowest BCUT2D eigenvalue weighted by molar-refractivity contribution is -0.111. The van der Waals surface area contributed by atoms with E-state index in [1.165, 1.54) is 0 Å². The Morgan fingerprint density at radius 2 is 1.75 bits per heavy atom. The summed E-state index contributed by atoms with van der Waals surface area (Å²) < 4.78 is 0. The van der Waals surface area contributed by atoms with Gasteiger partial charge in [-0.3, -0.25) is 4.79 Å². The third-order valence-electron chi connectivity index (χ3n) is 1.19. The molecule has 0 saturated carbocycles. The molecule has 66 valence electrons. The van der Waals surface area contributed by atoms with E-state index in [4.69, 9.17) is 11.6 Å². The van der Waals surface area contributed by atoms with E-state index >= 15 is 0 Å². The van der Waals surface area contributed by atoms with Crippen LogP contribution >= 0.6 is 11.6 Å². The van der Waals surface area contributed by atoms with Crippen LogP contribution in [0, 0.1) is 0 Å². The minimum atomic E-state index is -0.314. The maximum absolute atomic E-state index is 10.4. The fourth-order valence-corrected chi connectivity index (χ4v) is 0.911. The van der Waals surface area contributed by atoms with Gasteiger partial charge in [0.25, 0.3) is 0 Å². The summed E-state index contributed by atoms with van der Waals surface area (Å²) in [5, 5.41) is -0.314. The highest BCUT2D eigenvalue weighted by Gasteiger charge is 1.95. The zero-order valence-electron chi connectivity index (χ0n) is 7.38. The Hall–Kier alpha value is -0.820. The molecule has 0 atom stereocenters. The number of rotatable bonds is 2. The molecule has 0 fully saturated rings. The predicted molar refractivity (Wildman–Crippen MR) is 52.4 cm³/mol. The topological polar surface area (TPSA) is 17.1 Å². The van der Waals surface area contributed by atoms with E-state index in [1.807, 2.05) is 44.2 Å². The van der Waals surface area contributed by atoms with Gasteiger partial charge in [0.15, 0.2) is 0 Å². The number of hydrogen-bond acceptors (Lipinski definition) is 1. The van der Waals surface area contributed by atoms with Crippen LogP contribution in [0.25, 0.3) is 0 Å². The number of benzene rings is 1. The Bertz CT molecular complexity index is 219. The molecule has 0 bridgehead atoms. The zero-order chi connectivity index (χ0) is 9.40. The first-order valence-electron chi connectivity index (χ1n) is 4.01. The third-order valence-corrected chi connectivity index (χ3v) is 1.32. The van der Waals surface area contributed by atoms with Gasteiger partial charge in [0.2, 0.25) is 5.24 Å². The van der Waals surface area contributed by atoms with Gasteiger partial charge in [-0.05, 0) is 17.2 Å². The second-order valence-electron chi connectivity index (χ2n) is 2.02. The van der Waals surface area contributed by atoms with Crippen molar-refractivity contribution in [2.75, 3.05) is 0 Å². The van der Waals surface area contributed by atoms with Crippen molar-refractivity contribution in [3.05, 3.63) is 35.9 Å². The Morgan fingerprint density at radius 3 is 2.17 bits per heavy atom. The minimum absolute atomic E-state index is 0.314. The molecule has 0 spiro atoms. The van der Waals surface area contributed by atoms with Crippen molar-refractivity contribution in [1.82, 2.24) is 0 Å². The molecule has 12 heavy (non-hydrogen) atoms. The first-order chi connectivity index (χ1) is 5.79. The van der Waals surface area contributed by atoms with Crippen molar-refractivity contribution in [2.24, 2.45) is 0 Å². The van der Waals surface area contributed by atoms with E-state index in [0.29, 0.717) is 6.42 Å². The lowest BCUT2D eigenvalue weighted by Crippen LogP contribution is -1.91. The Kier molecular flexibility index (Phi) is 6.39. The van der Waals surface area contributed by atoms with E-state index in [9.17, 15) is 4.79 Å². The SMILES string of the molecule is CC.O=C(Cl)Cc1ccccc1. The summed E-state index contributed by atoms with van der Waals surface area (Å²) in [4.78, 5) is 10.4. The van der Waals surface area contributed by atoms with Crippen LogP contribution in [0.1, 0.15) is 19.4 Å². The van der Waals surface area contributed by atoms with Crippen LogP contribution in [0.15, 0.2) is 30.3 Å². The van der Waals surface area contributed by atoms with E-state index < -0.39 is 0 Å². The van der Waals surface area contributed by atoms with Crippen molar-refractivity contribution in [1.29, 1.82) is 0 Å². The molecule has 0 N–H and O–H groups in total. The number of carbonyl (C=O) groups is 1. The summed E-state index contributed by atoms with van der Waals surface area (Å²) in [7, 11) is 0. The molecule has 1 aromatic rings. The Labute approximate surface area is 78.4 Å². The van der Waals surface area contributed by atoms with E-state index in [-0.39, 0.29) is 5.24 Å². The molecule has 1 nitrogen and oxygen atoms in total. The number of carbonyl (C=O) groups excluding carboxylic acids is 1. The smallest absolute Gasteiger partial charge is 0.226 e. The lowest BCUT2D eigenvalue weighted by atomic mass is 10.2. The van der Waals surface area contributed by atoms with Gasteiger partial charge in [0.05, 0.1) is 0 Å². The normalized spacial score (nSPS) is 8.25. The zero-order valence-corrected chi connectivity index (χ0v) is 8.14. The standard InChI is InChI=1S/C8H7ClO.C2H6/c9-8(10)6-7-4-2-1-3-5-7;1-2/h1-5H,6H2;1-2H3. The molecule has 0 aliphatic rings. The molecule has 0 aromatic heterocycles. The number of hydrogen-bond donors (Lipinski definition) is 0. The molecule has 1 rings (SSSR count). The van der Waals surface area contributed by atoms with Gasteiger partial charge in [-0.25, -0.2) is 0 Å². The summed E-state index contributed by atoms with van der Waals surface area (Å²) >= 11 is 5.17. The van der Waals surface area contributed by atoms with Crippen LogP contribution in [0.5, 0.6) is 0 Å². The molecule has 0 saturated heterocycles. The summed E-state index contributed by atoms with van der Waals surface area (Å²) in [6.07, 6.45) is 0.322. The predicted octanol–water partition coefficient (Wildman–Crippen LogP) is 3.02. The molecule has 2 heteroatoms. The highest BCUT2D eigenvalue weighted by Crippen LogP contribution is 2.00. The van der Waals surface area contributed by atoms with Gasteiger partial charge in [-0.2, -0.15) is 0 Å². The van der Waals surface area contributed by atoms with Crippen LogP contribution in [0.3, 0.4) is 0 Å². The average Bonchev–Trinajstić information content (AvgIpc) is 2.08. The van der Waals surface area contributed by atoms with Gasteiger partial charge in [-0.15, -0.1) is 0 Å². The van der Waals surface area contributed by atoms with E-state index in [2.05, 4.69) is 0 Å². The molecule has 1 aromatic carbocycles. The van der Waals surface area contributed by atoms with Gasteiger partial charge >= 0.3 is 0 Å². The van der Waals surface area contributed by atoms with Crippen LogP contribution in [-0.2, 0) is 11.2 Å². The second kappa shape index (κ2) is 6.86. The summed E-state index contributed by atoms with van der Waals surface area (Å²) in [6, 6.07) is 9.42. The quantitative estimate of drug-likeness (QED) is 0.646. The maximum atomic E-state index is 10.4. The molecule has 0 heterocycles. The van der Waals surface area contributed by atoms with E-state index in [0.717, 1.165) is 5.56 Å². The van der Waals surface area contributed by atoms with Crippen molar-refractivity contribution < 1.29 is 4.79 Å². The van der Waals surface area contributed by atoms with Crippen molar-refractivity contribution in [2.45, 2.75) is 20.3 Å². The largest absolute Gasteiger partial charge is 0.281 e. The van der Waals surface area contributed by atoms with Gasteiger partial charge in [0, 0.05) is 6.42 Å². The Balaban J connectivity index is 0.000000561. The van der Waals surface area contributed by atoms with Crippen molar-refractivity contribution >= 4 is 16.8 Å². The van der Waals surface area contributed by atoms with E-state index in [1.54, 1.807) is 0 Å². The van der Waals surface area contributed by atoms with Crippen LogP contribution in [0.4, 0.5) is 0 Å². The lowest BCUT2D eigenvalue weighted by Gasteiger charge is -1.92. The fraction of sp³-hybridized carbons (Fsp3) is 0.300. The third kappa shape index (κ3) is 4.91. The molecule has 0 radical (unpaired) electrons. The van der Waals surface area contributed by atoms with Crippen molar-refractivity contribution in [3.8, 4) is 0 Å². The first kappa shape index (κ1) is 11.2. The summed E-state index contributed by atoms with van der Waals surface area (Å²) in [5.41, 5.74) is 0.961. The molecule has 0 unspecified atom stereocenters. The number of halogens is 1. The van der Waals surface area contributed by atoms with Gasteiger partial charge in [0.1, 0.15) is 0 Å².